The summed E-state index contributed by atoms with van der Waals surface area (Å²) in [6, 6.07) is 14.7. The molecule has 2 aromatic carbocycles. The lowest BCUT2D eigenvalue weighted by atomic mass is 10.0. The zero-order valence-corrected chi connectivity index (χ0v) is 15.0. The molecule has 2 heterocycles. The second kappa shape index (κ2) is 7.32. The molecule has 0 spiro atoms. The second-order valence-electron chi connectivity index (χ2n) is 6.60. The van der Waals surface area contributed by atoms with Gasteiger partial charge in [-0.1, -0.05) is 42.5 Å². The van der Waals surface area contributed by atoms with E-state index in [0.29, 0.717) is 43.0 Å². The SMILES string of the molecule is COc1cccc(CN2CCc3nc(-c4ccccc4)[nH]c(=O)c3C2)c1F. The number of ether oxygens (including phenoxy) is 1. The van der Waals surface area contributed by atoms with Crippen molar-refractivity contribution in [3.63, 3.8) is 0 Å². The largest absolute Gasteiger partial charge is 0.494 e. The molecule has 0 aliphatic carbocycles. The Kier molecular flexibility index (Phi) is 4.73. The molecule has 6 heteroatoms. The van der Waals surface area contributed by atoms with Gasteiger partial charge in [-0.15, -0.1) is 0 Å². The van der Waals surface area contributed by atoms with E-state index in [1.54, 1.807) is 18.2 Å². The summed E-state index contributed by atoms with van der Waals surface area (Å²) >= 11 is 0. The van der Waals surface area contributed by atoms with Crippen molar-refractivity contribution in [3.05, 3.63) is 81.5 Å². The van der Waals surface area contributed by atoms with Gasteiger partial charge in [0.1, 0.15) is 5.82 Å². The third kappa shape index (κ3) is 3.48. The Balaban J connectivity index is 1.58. The maximum Gasteiger partial charge on any atom is 0.255 e. The topological polar surface area (TPSA) is 58.2 Å². The third-order valence-corrected chi connectivity index (χ3v) is 4.85. The normalized spacial score (nSPS) is 14.0. The van der Waals surface area contributed by atoms with Crippen LogP contribution in [0.2, 0.25) is 0 Å². The number of hydrogen-bond acceptors (Lipinski definition) is 4. The first-order valence-electron chi connectivity index (χ1n) is 8.87. The van der Waals surface area contributed by atoms with Crippen molar-refractivity contribution in [2.45, 2.75) is 19.5 Å². The zero-order valence-electron chi connectivity index (χ0n) is 15.0. The maximum absolute atomic E-state index is 14.4. The lowest BCUT2D eigenvalue weighted by molar-refractivity contribution is 0.237. The fraction of sp³-hybridized carbons (Fsp3) is 0.238. The summed E-state index contributed by atoms with van der Waals surface area (Å²) in [7, 11) is 1.45. The Morgan fingerprint density at radius 1 is 1.19 bits per heavy atom. The van der Waals surface area contributed by atoms with Gasteiger partial charge < -0.3 is 9.72 Å². The van der Waals surface area contributed by atoms with Gasteiger partial charge in [0.25, 0.3) is 5.56 Å². The van der Waals surface area contributed by atoms with Crippen molar-refractivity contribution >= 4 is 0 Å². The molecule has 0 radical (unpaired) electrons. The molecule has 1 aliphatic heterocycles. The van der Waals surface area contributed by atoms with Gasteiger partial charge >= 0.3 is 0 Å². The van der Waals surface area contributed by atoms with E-state index in [4.69, 9.17) is 4.74 Å². The van der Waals surface area contributed by atoms with Gasteiger partial charge in [-0.3, -0.25) is 9.69 Å². The molecule has 1 aliphatic rings. The minimum Gasteiger partial charge on any atom is -0.494 e. The second-order valence-corrected chi connectivity index (χ2v) is 6.60. The number of fused-ring (bicyclic) bond motifs is 1. The van der Waals surface area contributed by atoms with E-state index >= 15 is 0 Å². The van der Waals surface area contributed by atoms with Crippen LogP contribution in [0.15, 0.2) is 53.3 Å². The van der Waals surface area contributed by atoms with Crippen molar-refractivity contribution in [3.8, 4) is 17.1 Å². The van der Waals surface area contributed by atoms with Gasteiger partial charge in [0.05, 0.1) is 18.4 Å². The molecule has 138 valence electrons. The summed E-state index contributed by atoms with van der Waals surface area (Å²) in [5, 5.41) is 0. The standard InChI is InChI=1S/C21H20FN3O2/c1-27-18-9-5-8-15(19(18)22)12-25-11-10-17-16(13-25)21(26)24-20(23-17)14-6-3-2-4-7-14/h2-9H,10-13H2,1H3,(H,23,24,26). The maximum atomic E-state index is 14.4. The molecule has 0 amide bonds. The number of nitrogens with zero attached hydrogens (tertiary/aromatic N) is 2. The molecule has 1 N–H and O–H groups in total. The van der Waals surface area contributed by atoms with Gasteiger partial charge in [-0.2, -0.15) is 0 Å². The van der Waals surface area contributed by atoms with Gasteiger partial charge in [0.2, 0.25) is 0 Å². The van der Waals surface area contributed by atoms with Gasteiger partial charge in [-0.05, 0) is 6.07 Å². The number of aromatic amines is 1. The van der Waals surface area contributed by atoms with Crippen LogP contribution in [-0.4, -0.2) is 28.5 Å². The van der Waals surface area contributed by atoms with Crippen LogP contribution in [0.4, 0.5) is 4.39 Å². The van der Waals surface area contributed by atoms with Crippen LogP contribution in [0.1, 0.15) is 16.8 Å². The summed E-state index contributed by atoms with van der Waals surface area (Å²) in [6.07, 6.45) is 0.657. The number of methoxy groups -OCH3 is 1. The monoisotopic (exact) mass is 365 g/mol. The van der Waals surface area contributed by atoms with Crippen molar-refractivity contribution in [2.24, 2.45) is 0 Å². The van der Waals surface area contributed by atoms with Crippen LogP contribution in [0.3, 0.4) is 0 Å². The summed E-state index contributed by atoms with van der Waals surface area (Å²) in [4.78, 5) is 22.2. The Hall–Kier alpha value is -2.99. The molecular formula is C21H20FN3O2. The zero-order chi connectivity index (χ0) is 18.8. The van der Waals surface area contributed by atoms with Crippen molar-refractivity contribution in [1.29, 1.82) is 0 Å². The summed E-state index contributed by atoms with van der Waals surface area (Å²) < 4.78 is 19.5. The number of H-pyrrole nitrogens is 1. The molecule has 0 saturated carbocycles. The molecule has 0 unspecified atom stereocenters. The number of halogens is 1. The highest BCUT2D eigenvalue weighted by molar-refractivity contribution is 5.54. The van der Waals surface area contributed by atoms with Crippen molar-refractivity contribution in [1.82, 2.24) is 14.9 Å². The quantitative estimate of drug-likeness (QED) is 0.772. The number of benzene rings is 2. The highest BCUT2D eigenvalue weighted by Crippen LogP contribution is 2.24. The lowest BCUT2D eigenvalue weighted by Gasteiger charge is -2.28. The Labute approximate surface area is 156 Å². The Morgan fingerprint density at radius 2 is 2.00 bits per heavy atom. The van der Waals surface area contributed by atoms with E-state index in [9.17, 15) is 9.18 Å². The van der Waals surface area contributed by atoms with Crippen LogP contribution in [0, 0.1) is 5.82 Å². The van der Waals surface area contributed by atoms with E-state index < -0.39 is 0 Å². The first-order valence-corrected chi connectivity index (χ1v) is 8.87. The van der Waals surface area contributed by atoms with Crippen LogP contribution >= 0.6 is 0 Å². The average molecular weight is 365 g/mol. The van der Waals surface area contributed by atoms with Crippen molar-refractivity contribution in [2.75, 3.05) is 13.7 Å². The lowest BCUT2D eigenvalue weighted by Crippen LogP contribution is -2.35. The predicted molar refractivity (Wildman–Crippen MR) is 101 cm³/mol. The number of nitrogens with one attached hydrogen (secondary N) is 1. The smallest absolute Gasteiger partial charge is 0.255 e. The van der Waals surface area contributed by atoms with Crippen LogP contribution < -0.4 is 10.3 Å². The molecule has 0 fully saturated rings. The van der Waals surface area contributed by atoms with E-state index in [1.807, 2.05) is 30.3 Å². The summed E-state index contributed by atoms with van der Waals surface area (Å²) in [5.74, 6) is 0.473. The van der Waals surface area contributed by atoms with Crippen LogP contribution in [0.5, 0.6) is 5.75 Å². The van der Waals surface area contributed by atoms with Gasteiger partial charge in [0.15, 0.2) is 11.6 Å². The molecule has 0 saturated heterocycles. The molecule has 3 aromatic rings. The van der Waals surface area contributed by atoms with Crippen molar-refractivity contribution < 1.29 is 9.13 Å². The molecule has 0 atom stereocenters. The highest BCUT2D eigenvalue weighted by atomic mass is 19.1. The van der Waals surface area contributed by atoms with E-state index in [0.717, 1.165) is 11.3 Å². The number of hydrogen-bond donors (Lipinski definition) is 1. The predicted octanol–water partition coefficient (Wildman–Crippen LogP) is 3.14. The minimum atomic E-state index is -0.350. The molecule has 1 aromatic heterocycles. The van der Waals surface area contributed by atoms with Crippen LogP contribution in [0.25, 0.3) is 11.4 Å². The molecule has 0 bridgehead atoms. The number of rotatable bonds is 4. The highest BCUT2D eigenvalue weighted by Gasteiger charge is 2.22. The van der Waals surface area contributed by atoms with E-state index in [-0.39, 0.29) is 17.1 Å². The van der Waals surface area contributed by atoms with E-state index in [2.05, 4.69) is 14.9 Å². The molecular weight excluding hydrogens is 345 g/mol. The average Bonchev–Trinajstić information content (AvgIpc) is 2.70. The number of aromatic nitrogens is 2. The molecule has 5 nitrogen and oxygen atoms in total. The third-order valence-electron chi connectivity index (χ3n) is 4.85. The Bertz CT molecular complexity index is 1020. The first kappa shape index (κ1) is 17.4. The van der Waals surface area contributed by atoms with Gasteiger partial charge in [-0.25, -0.2) is 9.37 Å². The summed E-state index contributed by atoms with van der Waals surface area (Å²) in [5.41, 5.74) is 2.79. The fourth-order valence-electron chi connectivity index (χ4n) is 3.43. The van der Waals surface area contributed by atoms with Gasteiger partial charge in [0, 0.05) is 37.2 Å². The molecule has 27 heavy (non-hydrogen) atoms. The minimum absolute atomic E-state index is 0.130. The van der Waals surface area contributed by atoms with E-state index in [1.165, 1.54) is 7.11 Å². The molecule has 4 rings (SSSR count). The summed E-state index contributed by atoms with van der Waals surface area (Å²) in [6.45, 7) is 1.58. The first-order chi connectivity index (χ1) is 13.2. The van der Waals surface area contributed by atoms with Crippen LogP contribution in [-0.2, 0) is 19.5 Å². The Morgan fingerprint density at radius 3 is 2.78 bits per heavy atom. The fourth-order valence-corrected chi connectivity index (χ4v) is 3.43.